The van der Waals surface area contributed by atoms with Crippen LogP contribution in [0.3, 0.4) is 0 Å². The average Bonchev–Trinajstić information content (AvgIpc) is 2.38. The number of benzene rings is 2. The molecule has 2 N–H and O–H groups in total. The van der Waals surface area contributed by atoms with Crippen molar-refractivity contribution in [3.63, 3.8) is 0 Å². The Balaban J connectivity index is 2.16. The van der Waals surface area contributed by atoms with Gasteiger partial charge in [0.2, 0.25) is 0 Å². The van der Waals surface area contributed by atoms with Crippen molar-refractivity contribution in [3.05, 3.63) is 58.9 Å². The zero-order chi connectivity index (χ0) is 13.0. The van der Waals surface area contributed by atoms with E-state index in [0.717, 1.165) is 12.0 Å². The summed E-state index contributed by atoms with van der Waals surface area (Å²) in [5.41, 5.74) is 6.58. The SMILES string of the molecule is NCCc1ccc(Oc2cccc(Cl)c2F)cc1. The predicted molar refractivity (Wildman–Crippen MR) is 70.7 cm³/mol. The fraction of sp³-hybridized carbons (Fsp3) is 0.143. The minimum absolute atomic E-state index is 0.0484. The minimum atomic E-state index is -0.551. The van der Waals surface area contributed by atoms with Crippen LogP contribution in [0.25, 0.3) is 0 Å². The van der Waals surface area contributed by atoms with Gasteiger partial charge in [-0.3, -0.25) is 0 Å². The molecular formula is C14H13ClFNO. The summed E-state index contributed by atoms with van der Waals surface area (Å²) < 4.78 is 19.0. The first kappa shape index (κ1) is 12.9. The van der Waals surface area contributed by atoms with E-state index >= 15 is 0 Å². The van der Waals surface area contributed by atoms with Gasteiger partial charge in [-0.15, -0.1) is 0 Å². The molecule has 2 nitrogen and oxygen atoms in total. The second-order valence-electron chi connectivity index (χ2n) is 3.84. The lowest BCUT2D eigenvalue weighted by Crippen LogP contribution is -2.02. The van der Waals surface area contributed by atoms with Crippen molar-refractivity contribution in [2.45, 2.75) is 6.42 Å². The van der Waals surface area contributed by atoms with Crippen LogP contribution in [0.2, 0.25) is 5.02 Å². The smallest absolute Gasteiger partial charge is 0.184 e. The van der Waals surface area contributed by atoms with Crippen LogP contribution in [-0.4, -0.2) is 6.54 Å². The van der Waals surface area contributed by atoms with Gasteiger partial charge in [0.1, 0.15) is 5.75 Å². The Morgan fingerprint density at radius 1 is 1.11 bits per heavy atom. The molecule has 0 aliphatic rings. The fourth-order valence-electron chi connectivity index (χ4n) is 1.58. The summed E-state index contributed by atoms with van der Waals surface area (Å²) >= 11 is 5.68. The van der Waals surface area contributed by atoms with Gasteiger partial charge in [0.05, 0.1) is 5.02 Å². The lowest BCUT2D eigenvalue weighted by Gasteiger charge is -2.08. The molecule has 0 saturated heterocycles. The Morgan fingerprint density at radius 3 is 2.50 bits per heavy atom. The lowest BCUT2D eigenvalue weighted by molar-refractivity contribution is 0.442. The first-order valence-corrected chi connectivity index (χ1v) is 5.99. The van der Waals surface area contributed by atoms with Crippen molar-refractivity contribution in [2.24, 2.45) is 5.73 Å². The molecule has 0 aromatic heterocycles. The molecule has 2 rings (SSSR count). The van der Waals surface area contributed by atoms with Crippen molar-refractivity contribution >= 4 is 11.6 Å². The summed E-state index contributed by atoms with van der Waals surface area (Å²) in [7, 11) is 0. The molecule has 0 fully saturated rings. The monoisotopic (exact) mass is 265 g/mol. The lowest BCUT2D eigenvalue weighted by atomic mass is 10.1. The maximum absolute atomic E-state index is 13.6. The second kappa shape index (κ2) is 5.85. The van der Waals surface area contributed by atoms with Crippen LogP contribution in [0.5, 0.6) is 11.5 Å². The number of halogens is 2. The van der Waals surface area contributed by atoms with Crippen molar-refractivity contribution in [3.8, 4) is 11.5 Å². The van der Waals surface area contributed by atoms with Gasteiger partial charge in [-0.2, -0.15) is 0 Å². The number of hydrogen-bond donors (Lipinski definition) is 1. The average molecular weight is 266 g/mol. The molecule has 4 heteroatoms. The van der Waals surface area contributed by atoms with Gasteiger partial charge in [-0.05, 0) is 42.8 Å². The van der Waals surface area contributed by atoms with E-state index in [0.29, 0.717) is 12.3 Å². The third kappa shape index (κ3) is 3.00. The zero-order valence-corrected chi connectivity index (χ0v) is 10.5. The van der Waals surface area contributed by atoms with E-state index in [1.807, 2.05) is 12.1 Å². The Bertz CT molecular complexity index is 528. The van der Waals surface area contributed by atoms with E-state index in [4.69, 9.17) is 22.1 Å². The third-order valence-corrected chi connectivity index (χ3v) is 2.79. The summed E-state index contributed by atoms with van der Waals surface area (Å²) in [5.74, 6) is 0.135. The summed E-state index contributed by atoms with van der Waals surface area (Å²) in [5, 5.41) is 0.0484. The Labute approximate surface area is 110 Å². The van der Waals surface area contributed by atoms with E-state index in [9.17, 15) is 4.39 Å². The molecule has 0 atom stereocenters. The summed E-state index contributed by atoms with van der Waals surface area (Å²) in [6, 6.07) is 12.0. The van der Waals surface area contributed by atoms with Crippen LogP contribution < -0.4 is 10.5 Å². The van der Waals surface area contributed by atoms with E-state index in [-0.39, 0.29) is 10.8 Å². The molecule has 0 spiro atoms. The Morgan fingerprint density at radius 2 is 1.83 bits per heavy atom. The molecule has 2 aromatic rings. The largest absolute Gasteiger partial charge is 0.454 e. The van der Waals surface area contributed by atoms with Crippen molar-refractivity contribution in [2.75, 3.05) is 6.54 Å². The predicted octanol–water partition coefficient (Wildman–Crippen LogP) is 3.77. The highest BCUT2D eigenvalue weighted by molar-refractivity contribution is 6.30. The van der Waals surface area contributed by atoms with Crippen LogP contribution in [0.4, 0.5) is 4.39 Å². The number of nitrogens with two attached hydrogens (primary N) is 1. The highest BCUT2D eigenvalue weighted by Crippen LogP contribution is 2.28. The van der Waals surface area contributed by atoms with Crippen LogP contribution >= 0.6 is 11.6 Å². The number of hydrogen-bond acceptors (Lipinski definition) is 2. The van der Waals surface area contributed by atoms with Crippen molar-refractivity contribution in [1.82, 2.24) is 0 Å². The Hall–Kier alpha value is -1.58. The maximum Gasteiger partial charge on any atom is 0.184 e. The topological polar surface area (TPSA) is 35.2 Å². The molecular weight excluding hydrogens is 253 g/mol. The zero-order valence-electron chi connectivity index (χ0n) is 9.70. The highest BCUT2D eigenvalue weighted by atomic mass is 35.5. The van der Waals surface area contributed by atoms with Crippen LogP contribution in [0, 0.1) is 5.82 Å². The van der Waals surface area contributed by atoms with Crippen LogP contribution in [-0.2, 0) is 6.42 Å². The van der Waals surface area contributed by atoms with Crippen LogP contribution in [0.1, 0.15) is 5.56 Å². The molecule has 18 heavy (non-hydrogen) atoms. The van der Waals surface area contributed by atoms with Crippen LogP contribution in [0.15, 0.2) is 42.5 Å². The molecule has 2 aromatic carbocycles. The molecule has 0 amide bonds. The quantitative estimate of drug-likeness (QED) is 0.913. The molecule has 0 saturated carbocycles. The molecule has 0 heterocycles. The van der Waals surface area contributed by atoms with E-state index in [1.54, 1.807) is 18.2 Å². The Kier molecular flexibility index (Phi) is 4.18. The van der Waals surface area contributed by atoms with Gasteiger partial charge < -0.3 is 10.5 Å². The van der Waals surface area contributed by atoms with Gasteiger partial charge in [-0.25, -0.2) is 4.39 Å². The van der Waals surface area contributed by atoms with Gasteiger partial charge in [0.15, 0.2) is 11.6 Å². The molecule has 0 bridgehead atoms. The van der Waals surface area contributed by atoms with Gasteiger partial charge >= 0.3 is 0 Å². The van der Waals surface area contributed by atoms with Gasteiger partial charge in [0.25, 0.3) is 0 Å². The van der Waals surface area contributed by atoms with Gasteiger partial charge in [-0.1, -0.05) is 29.8 Å². The molecule has 0 unspecified atom stereocenters. The highest BCUT2D eigenvalue weighted by Gasteiger charge is 2.08. The number of ether oxygens (including phenoxy) is 1. The molecule has 0 radical (unpaired) electrons. The van der Waals surface area contributed by atoms with E-state index in [2.05, 4.69) is 0 Å². The van der Waals surface area contributed by atoms with Gasteiger partial charge in [0, 0.05) is 0 Å². The molecule has 0 aliphatic carbocycles. The van der Waals surface area contributed by atoms with E-state index < -0.39 is 5.82 Å². The summed E-state index contributed by atoms with van der Waals surface area (Å²) in [4.78, 5) is 0. The summed E-state index contributed by atoms with van der Waals surface area (Å²) in [6.07, 6.45) is 0.811. The standard InChI is InChI=1S/C14H13ClFNO/c15-12-2-1-3-13(14(12)16)18-11-6-4-10(5-7-11)8-9-17/h1-7H,8-9,17H2. The third-order valence-electron chi connectivity index (χ3n) is 2.50. The maximum atomic E-state index is 13.6. The van der Waals surface area contributed by atoms with Crippen molar-refractivity contribution in [1.29, 1.82) is 0 Å². The fourth-order valence-corrected chi connectivity index (χ4v) is 1.75. The second-order valence-corrected chi connectivity index (χ2v) is 4.24. The first-order valence-electron chi connectivity index (χ1n) is 5.61. The molecule has 94 valence electrons. The molecule has 0 aliphatic heterocycles. The van der Waals surface area contributed by atoms with E-state index in [1.165, 1.54) is 12.1 Å². The first-order chi connectivity index (χ1) is 8.70. The normalized spacial score (nSPS) is 10.4. The minimum Gasteiger partial charge on any atom is -0.454 e. The number of rotatable bonds is 4. The van der Waals surface area contributed by atoms with Crippen molar-refractivity contribution < 1.29 is 9.13 Å². The summed E-state index contributed by atoms with van der Waals surface area (Å²) in [6.45, 7) is 0.600.